The highest BCUT2D eigenvalue weighted by Crippen LogP contribution is 2.37. The third-order valence-electron chi connectivity index (χ3n) is 8.22. The van der Waals surface area contributed by atoms with Crippen LogP contribution >= 0.6 is 0 Å². The molecule has 0 amide bonds. The molecule has 7 rings (SSSR count). The minimum Gasteiger partial charge on any atom is -0.398 e. The van der Waals surface area contributed by atoms with Gasteiger partial charge in [-0.3, -0.25) is 4.98 Å². The molecule has 0 unspecified atom stereocenters. The summed E-state index contributed by atoms with van der Waals surface area (Å²) >= 11 is 0. The number of benzene rings is 4. The van der Waals surface area contributed by atoms with Crippen molar-refractivity contribution in [2.24, 2.45) is 0 Å². The molecule has 41 heavy (non-hydrogen) atoms. The summed E-state index contributed by atoms with van der Waals surface area (Å²) in [5.41, 5.74) is 2.51. The number of nitrogens with zero attached hydrogens (tertiary/aromatic N) is 4. The van der Waals surface area contributed by atoms with Crippen molar-refractivity contribution in [1.82, 2.24) is 19.9 Å². The monoisotopic (exact) mass is 536 g/mol. The van der Waals surface area contributed by atoms with E-state index in [2.05, 4.69) is 54.6 Å². The maximum Gasteiger partial charge on any atom is 0.514 e. The van der Waals surface area contributed by atoms with Crippen LogP contribution in [0.2, 0.25) is 0 Å². The molecule has 3 heterocycles. The van der Waals surface area contributed by atoms with Crippen LogP contribution in [0.1, 0.15) is 27.7 Å². The van der Waals surface area contributed by atoms with Crippen LogP contribution in [0.3, 0.4) is 0 Å². The molecule has 1 aliphatic rings. The number of rotatable bonds is 4. The summed E-state index contributed by atoms with van der Waals surface area (Å²) in [4.78, 5) is 19.6. The lowest BCUT2D eigenvalue weighted by molar-refractivity contribution is 0.00578. The van der Waals surface area contributed by atoms with Crippen LogP contribution in [0.25, 0.3) is 55.7 Å². The highest BCUT2D eigenvalue weighted by molar-refractivity contribution is 6.61. The van der Waals surface area contributed by atoms with Crippen molar-refractivity contribution in [2.75, 3.05) is 0 Å². The second-order valence-electron chi connectivity index (χ2n) is 11.4. The third kappa shape index (κ3) is 4.47. The van der Waals surface area contributed by atoms with Gasteiger partial charge in [-0.1, -0.05) is 78.9 Å². The van der Waals surface area contributed by atoms with Crippen molar-refractivity contribution in [3.63, 3.8) is 0 Å². The van der Waals surface area contributed by atoms with E-state index in [0.717, 1.165) is 32.8 Å². The van der Waals surface area contributed by atoms with Gasteiger partial charge in [0.2, 0.25) is 0 Å². The number of hydrogen-bond acceptors (Lipinski definition) is 6. The summed E-state index contributed by atoms with van der Waals surface area (Å²) in [5, 5.41) is 4.60. The van der Waals surface area contributed by atoms with Gasteiger partial charge in [0.25, 0.3) is 0 Å². The normalized spacial score (nSPS) is 16.0. The lowest BCUT2D eigenvalue weighted by Gasteiger charge is -2.32. The van der Waals surface area contributed by atoms with Crippen molar-refractivity contribution >= 4 is 34.3 Å². The molecular weight excluding hydrogens is 507 g/mol. The summed E-state index contributed by atoms with van der Waals surface area (Å²) in [6.45, 7) is 8.15. The molecule has 0 saturated carbocycles. The Hall–Kier alpha value is -4.46. The van der Waals surface area contributed by atoms with E-state index in [9.17, 15) is 0 Å². The lowest BCUT2D eigenvalue weighted by atomic mass is 9.84. The fourth-order valence-corrected chi connectivity index (χ4v) is 5.22. The number of hydrogen-bond donors (Lipinski definition) is 0. The van der Waals surface area contributed by atoms with E-state index in [1.54, 1.807) is 6.20 Å². The van der Waals surface area contributed by atoms with E-state index in [1.165, 1.54) is 5.39 Å². The smallest absolute Gasteiger partial charge is 0.398 e. The van der Waals surface area contributed by atoms with Gasteiger partial charge < -0.3 is 9.31 Å². The first kappa shape index (κ1) is 25.5. The molecule has 2 aromatic heterocycles. The minimum atomic E-state index is -0.535. The molecule has 0 spiro atoms. The van der Waals surface area contributed by atoms with Gasteiger partial charge in [0.1, 0.15) is 0 Å². The molecule has 0 atom stereocenters. The van der Waals surface area contributed by atoms with Gasteiger partial charge in [-0.25, -0.2) is 15.0 Å². The van der Waals surface area contributed by atoms with Crippen LogP contribution in [-0.4, -0.2) is 38.3 Å². The van der Waals surface area contributed by atoms with E-state index in [1.807, 2.05) is 70.2 Å². The molecule has 0 bridgehead atoms. The van der Waals surface area contributed by atoms with Crippen molar-refractivity contribution in [1.29, 1.82) is 0 Å². The average Bonchev–Trinajstić information content (AvgIpc) is 3.23. The number of fused-ring (bicyclic) bond motifs is 3. The van der Waals surface area contributed by atoms with E-state index in [0.29, 0.717) is 23.1 Å². The van der Waals surface area contributed by atoms with Crippen LogP contribution < -0.4 is 5.59 Å². The zero-order valence-corrected chi connectivity index (χ0v) is 23.5. The van der Waals surface area contributed by atoms with E-state index >= 15 is 0 Å². The Balaban J connectivity index is 1.37. The lowest BCUT2D eigenvalue weighted by Crippen LogP contribution is -2.41. The molecule has 6 nitrogen and oxygen atoms in total. The van der Waals surface area contributed by atoms with Crippen molar-refractivity contribution in [3.05, 3.63) is 103 Å². The first-order valence-corrected chi connectivity index (χ1v) is 13.8. The van der Waals surface area contributed by atoms with Gasteiger partial charge in [0.05, 0.1) is 16.8 Å². The van der Waals surface area contributed by atoms with E-state index in [-0.39, 0.29) is 0 Å². The van der Waals surface area contributed by atoms with Crippen LogP contribution in [0, 0.1) is 0 Å². The Morgan fingerprint density at radius 2 is 1.15 bits per heavy atom. The summed E-state index contributed by atoms with van der Waals surface area (Å²) in [6.07, 6.45) is 1.78. The molecule has 200 valence electrons. The Morgan fingerprint density at radius 3 is 1.83 bits per heavy atom. The molecule has 0 radical (unpaired) electrons. The SMILES string of the molecule is CC1(C)OB(c2ccc(-c3nc(-c4ccccc4)nc(-c4cc5ccccc5c5ccccc45)n3)cn2)OC1(C)C. The second kappa shape index (κ2) is 9.58. The van der Waals surface area contributed by atoms with Gasteiger partial charge in [0, 0.05) is 22.9 Å². The predicted molar refractivity (Wildman–Crippen MR) is 165 cm³/mol. The van der Waals surface area contributed by atoms with Crippen molar-refractivity contribution in [2.45, 2.75) is 38.9 Å². The van der Waals surface area contributed by atoms with Gasteiger partial charge in [-0.15, -0.1) is 0 Å². The summed E-state index contributed by atoms with van der Waals surface area (Å²) in [7, 11) is -0.535. The molecule has 6 aromatic rings. The van der Waals surface area contributed by atoms with Crippen LogP contribution in [0.15, 0.2) is 103 Å². The first-order chi connectivity index (χ1) is 19.8. The molecule has 4 aromatic carbocycles. The number of aromatic nitrogens is 4. The molecule has 7 heteroatoms. The molecule has 1 fully saturated rings. The average molecular weight is 536 g/mol. The molecule has 1 aliphatic heterocycles. The fourth-order valence-electron chi connectivity index (χ4n) is 5.22. The maximum atomic E-state index is 6.20. The van der Waals surface area contributed by atoms with Gasteiger partial charge in [-0.2, -0.15) is 0 Å². The van der Waals surface area contributed by atoms with Gasteiger partial charge >= 0.3 is 7.12 Å². The second-order valence-corrected chi connectivity index (χ2v) is 11.4. The first-order valence-electron chi connectivity index (χ1n) is 13.8. The Kier molecular flexibility index (Phi) is 5.96. The van der Waals surface area contributed by atoms with Crippen LogP contribution in [-0.2, 0) is 9.31 Å². The molecule has 0 N–H and O–H groups in total. The Morgan fingerprint density at radius 1 is 0.561 bits per heavy atom. The standard InChI is InChI=1S/C34H29BN4O2/c1-33(2)34(3,4)41-35(40-33)29-19-18-24(21-36-29)31-37-30(22-12-6-5-7-13-22)38-32(39-31)28-20-23-14-8-9-15-25(23)26-16-10-11-17-27(26)28/h5-21H,1-4H3. The summed E-state index contributed by atoms with van der Waals surface area (Å²) in [6, 6.07) is 32.9. The zero-order valence-electron chi connectivity index (χ0n) is 23.5. The highest BCUT2D eigenvalue weighted by atomic mass is 16.7. The van der Waals surface area contributed by atoms with Gasteiger partial charge in [-0.05, 0) is 67.4 Å². The summed E-state index contributed by atoms with van der Waals surface area (Å²) in [5.74, 6) is 1.78. The van der Waals surface area contributed by atoms with Crippen molar-refractivity contribution < 1.29 is 9.31 Å². The Bertz CT molecular complexity index is 1890. The number of pyridine rings is 1. The largest absolute Gasteiger partial charge is 0.514 e. The van der Waals surface area contributed by atoms with Crippen LogP contribution in [0.4, 0.5) is 0 Å². The van der Waals surface area contributed by atoms with Crippen LogP contribution in [0.5, 0.6) is 0 Å². The van der Waals surface area contributed by atoms with Crippen molar-refractivity contribution in [3.8, 4) is 34.2 Å². The highest BCUT2D eigenvalue weighted by Gasteiger charge is 2.52. The molecule has 1 saturated heterocycles. The predicted octanol–water partition coefficient (Wildman–Crippen LogP) is 6.87. The molecule has 0 aliphatic carbocycles. The maximum absolute atomic E-state index is 6.20. The topological polar surface area (TPSA) is 70.0 Å². The third-order valence-corrected chi connectivity index (χ3v) is 8.22. The Labute approximate surface area is 239 Å². The van der Waals surface area contributed by atoms with Gasteiger partial charge in [0.15, 0.2) is 17.5 Å². The molecular formula is C34H29BN4O2. The fraction of sp³-hybridized carbons (Fsp3) is 0.176. The quantitative estimate of drug-likeness (QED) is 0.181. The van der Waals surface area contributed by atoms with E-state index < -0.39 is 18.3 Å². The van der Waals surface area contributed by atoms with E-state index in [4.69, 9.17) is 29.2 Å². The summed E-state index contributed by atoms with van der Waals surface area (Å²) < 4.78 is 12.4. The zero-order chi connectivity index (χ0) is 28.2. The minimum absolute atomic E-state index is 0.436.